The van der Waals surface area contributed by atoms with Crippen molar-refractivity contribution >= 4 is 22.8 Å². The average molecular weight is 203 g/mol. The van der Waals surface area contributed by atoms with E-state index in [4.69, 9.17) is 16.7 Å². The van der Waals surface area contributed by atoms with Gasteiger partial charge in [-0.15, -0.1) is 0 Å². The number of carboxylic acid groups (broad SMARTS) is 1. The van der Waals surface area contributed by atoms with Gasteiger partial charge in [0.25, 0.3) is 0 Å². The highest BCUT2D eigenvalue weighted by Gasteiger charge is 2.59. The van der Waals surface area contributed by atoms with Crippen LogP contribution in [0.3, 0.4) is 0 Å². The van der Waals surface area contributed by atoms with Crippen molar-refractivity contribution in [3.05, 3.63) is 12.2 Å². The smallest absolute Gasteiger partial charge is 0.327 e. The lowest BCUT2D eigenvalue weighted by Gasteiger charge is -1.95. The Hall–Kier alpha value is -0.830. The van der Waals surface area contributed by atoms with Crippen molar-refractivity contribution in [2.45, 2.75) is 13.8 Å². The Balaban J connectivity index is 2.66. The molecular formula is C9H11ClO3. The minimum absolute atomic E-state index is 0.0337. The van der Waals surface area contributed by atoms with Gasteiger partial charge in [-0.2, -0.15) is 0 Å². The highest BCUT2D eigenvalue weighted by molar-refractivity contribution is 6.64. The molecule has 1 N–H and O–H groups in total. The minimum atomic E-state index is -0.997. The van der Waals surface area contributed by atoms with Gasteiger partial charge < -0.3 is 5.11 Å². The number of halogens is 1. The molecule has 1 aliphatic rings. The van der Waals surface area contributed by atoms with Gasteiger partial charge in [-0.05, 0) is 22.9 Å². The summed E-state index contributed by atoms with van der Waals surface area (Å²) >= 11 is 5.35. The lowest BCUT2D eigenvalue weighted by molar-refractivity contribution is -0.131. The highest BCUT2D eigenvalue weighted by Crippen LogP contribution is 2.59. The fourth-order valence-electron chi connectivity index (χ4n) is 1.66. The summed E-state index contributed by atoms with van der Waals surface area (Å²) < 4.78 is 0. The second-order valence-corrected chi connectivity index (χ2v) is 4.20. The summed E-state index contributed by atoms with van der Waals surface area (Å²) in [5.41, 5.74) is -0.190. The molecule has 1 aliphatic carbocycles. The molecule has 0 heterocycles. The maximum atomic E-state index is 10.9. The maximum absolute atomic E-state index is 10.9. The zero-order valence-corrected chi connectivity index (χ0v) is 8.21. The van der Waals surface area contributed by atoms with Crippen LogP contribution in [-0.4, -0.2) is 16.3 Å². The maximum Gasteiger partial charge on any atom is 0.327 e. The van der Waals surface area contributed by atoms with Crippen LogP contribution in [0.15, 0.2) is 12.2 Å². The van der Waals surface area contributed by atoms with Gasteiger partial charge >= 0.3 is 5.97 Å². The highest BCUT2D eigenvalue weighted by atomic mass is 35.5. The molecule has 0 aromatic rings. The Morgan fingerprint density at radius 2 is 2.00 bits per heavy atom. The van der Waals surface area contributed by atoms with E-state index in [-0.39, 0.29) is 22.5 Å². The molecule has 1 saturated carbocycles. The number of hydrogen-bond acceptors (Lipinski definition) is 2. The summed E-state index contributed by atoms with van der Waals surface area (Å²) in [4.78, 5) is 21.1. The van der Waals surface area contributed by atoms with E-state index >= 15 is 0 Å². The number of carboxylic acids is 1. The molecule has 3 nitrogen and oxygen atoms in total. The topological polar surface area (TPSA) is 54.4 Å². The van der Waals surface area contributed by atoms with E-state index in [1.807, 2.05) is 13.8 Å². The first-order chi connectivity index (χ1) is 5.87. The van der Waals surface area contributed by atoms with Gasteiger partial charge in [0.2, 0.25) is 5.24 Å². The predicted octanol–water partition coefficient (Wildman–Crippen LogP) is 1.66. The number of hydrogen-bond donors (Lipinski definition) is 1. The number of rotatable bonds is 3. The van der Waals surface area contributed by atoms with Gasteiger partial charge in [0.1, 0.15) is 0 Å². The molecule has 4 heteroatoms. The van der Waals surface area contributed by atoms with E-state index < -0.39 is 5.97 Å². The van der Waals surface area contributed by atoms with Gasteiger partial charge in [-0.3, -0.25) is 4.79 Å². The van der Waals surface area contributed by atoms with E-state index in [2.05, 4.69) is 0 Å². The number of aliphatic carboxylic acids is 1. The fraction of sp³-hybridized carbons (Fsp3) is 0.556. The Kier molecular flexibility index (Phi) is 2.48. The zero-order valence-electron chi connectivity index (χ0n) is 7.45. The lowest BCUT2D eigenvalue weighted by Crippen LogP contribution is -1.96. The molecule has 0 spiro atoms. The van der Waals surface area contributed by atoms with E-state index in [9.17, 15) is 9.59 Å². The Bertz CT molecular complexity index is 281. The van der Waals surface area contributed by atoms with Crippen molar-refractivity contribution in [3.63, 3.8) is 0 Å². The molecule has 0 radical (unpaired) electrons. The summed E-state index contributed by atoms with van der Waals surface area (Å²) in [5.74, 6) is -1.26. The number of carbonyl (C=O) groups is 2. The van der Waals surface area contributed by atoms with Crippen molar-refractivity contribution < 1.29 is 14.7 Å². The fourth-order valence-corrected chi connectivity index (χ4v) is 2.07. The molecule has 0 aromatic carbocycles. The van der Waals surface area contributed by atoms with Crippen molar-refractivity contribution in [3.8, 4) is 0 Å². The molecule has 0 amide bonds. The van der Waals surface area contributed by atoms with Crippen molar-refractivity contribution in [2.24, 2.45) is 17.3 Å². The van der Waals surface area contributed by atoms with Crippen LogP contribution in [-0.2, 0) is 9.59 Å². The Labute approximate surface area is 81.4 Å². The normalized spacial score (nSPS) is 30.4. The Morgan fingerprint density at radius 1 is 1.46 bits per heavy atom. The molecule has 72 valence electrons. The van der Waals surface area contributed by atoms with Gasteiger partial charge in [0.05, 0.1) is 0 Å². The quantitative estimate of drug-likeness (QED) is 0.560. The van der Waals surface area contributed by atoms with Gasteiger partial charge in [0, 0.05) is 12.0 Å². The Morgan fingerprint density at radius 3 is 2.31 bits per heavy atom. The molecule has 0 bridgehead atoms. The van der Waals surface area contributed by atoms with Crippen LogP contribution in [0.25, 0.3) is 0 Å². The van der Waals surface area contributed by atoms with E-state index in [1.54, 1.807) is 0 Å². The van der Waals surface area contributed by atoms with E-state index in [0.29, 0.717) is 0 Å². The first kappa shape index (κ1) is 10.3. The number of carbonyl (C=O) groups excluding carboxylic acids is 1. The number of allylic oxidation sites excluding steroid dienone is 1. The van der Waals surface area contributed by atoms with Crippen LogP contribution in [0.4, 0.5) is 0 Å². The van der Waals surface area contributed by atoms with Crippen LogP contribution >= 0.6 is 11.6 Å². The summed E-state index contributed by atoms with van der Waals surface area (Å²) in [6.07, 6.45) is 2.60. The SMILES string of the molecule is CC1(C)C(C=CC(=O)O)C1C(=O)Cl. The minimum Gasteiger partial charge on any atom is -0.478 e. The zero-order chi connectivity index (χ0) is 10.2. The molecular weight excluding hydrogens is 192 g/mol. The van der Waals surface area contributed by atoms with Crippen LogP contribution in [0.5, 0.6) is 0 Å². The summed E-state index contributed by atoms with van der Waals surface area (Å²) in [5, 5.41) is 8.00. The molecule has 0 aromatic heterocycles. The van der Waals surface area contributed by atoms with Crippen molar-refractivity contribution in [1.29, 1.82) is 0 Å². The average Bonchev–Trinajstić information content (AvgIpc) is 2.48. The van der Waals surface area contributed by atoms with Crippen LogP contribution < -0.4 is 0 Å². The third-order valence-corrected chi connectivity index (χ3v) is 2.84. The van der Waals surface area contributed by atoms with E-state index in [1.165, 1.54) is 6.08 Å². The molecule has 13 heavy (non-hydrogen) atoms. The van der Waals surface area contributed by atoms with Crippen molar-refractivity contribution in [2.75, 3.05) is 0 Å². The molecule has 0 aliphatic heterocycles. The molecule has 0 saturated heterocycles. The summed E-state index contributed by atoms with van der Waals surface area (Å²) in [6, 6.07) is 0. The van der Waals surface area contributed by atoms with Crippen LogP contribution in [0.1, 0.15) is 13.8 Å². The predicted molar refractivity (Wildman–Crippen MR) is 48.4 cm³/mol. The second kappa shape index (κ2) is 3.14. The monoisotopic (exact) mass is 202 g/mol. The van der Waals surface area contributed by atoms with Crippen LogP contribution in [0, 0.1) is 17.3 Å². The van der Waals surface area contributed by atoms with E-state index in [0.717, 1.165) is 6.08 Å². The molecule has 2 unspecified atom stereocenters. The standard InChI is InChI=1S/C9H11ClO3/c1-9(2)5(3-4-6(11)12)7(9)8(10)13/h3-5,7H,1-2H3,(H,11,12). The largest absolute Gasteiger partial charge is 0.478 e. The molecule has 2 atom stereocenters. The first-order valence-corrected chi connectivity index (χ1v) is 4.35. The summed E-state index contributed by atoms with van der Waals surface area (Å²) in [7, 11) is 0. The van der Waals surface area contributed by atoms with Crippen LogP contribution in [0.2, 0.25) is 0 Å². The van der Waals surface area contributed by atoms with Gasteiger partial charge in [-0.25, -0.2) is 4.79 Å². The van der Waals surface area contributed by atoms with Gasteiger partial charge in [-0.1, -0.05) is 19.9 Å². The molecule has 1 fully saturated rings. The third kappa shape index (κ3) is 1.91. The molecule has 1 rings (SSSR count). The second-order valence-electron chi connectivity index (χ2n) is 3.83. The lowest BCUT2D eigenvalue weighted by atomic mass is 10.1. The van der Waals surface area contributed by atoms with Crippen molar-refractivity contribution in [1.82, 2.24) is 0 Å². The van der Waals surface area contributed by atoms with Gasteiger partial charge in [0.15, 0.2) is 0 Å². The summed E-state index contributed by atoms with van der Waals surface area (Å²) in [6.45, 7) is 3.80. The first-order valence-electron chi connectivity index (χ1n) is 3.98. The third-order valence-electron chi connectivity index (χ3n) is 2.60.